The van der Waals surface area contributed by atoms with Gasteiger partial charge in [-0.1, -0.05) is 0 Å². The predicted molar refractivity (Wildman–Crippen MR) is 71.4 cm³/mol. The Morgan fingerprint density at radius 2 is 2.10 bits per heavy atom. The van der Waals surface area contributed by atoms with Gasteiger partial charge in [0.25, 0.3) is 0 Å². The largest absolute Gasteiger partial charge is 0.494 e. The van der Waals surface area contributed by atoms with Crippen molar-refractivity contribution in [1.29, 1.82) is 0 Å². The number of methoxy groups -OCH3 is 1. The molecular weight excluding hydrogens is 267 g/mol. The molecule has 1 aromatic rings. The Morgan fingerprint density at radius 1 is 1.45 bits per heavy atom. The van der Waals surface area contributed by atoms with Crippen LogP contribution >= 0.6 is 0 Å². The number of rotatable bonds is 5. The molecule has 0 unspecified atom stereocenters. The predicted octanol–water partition coefficient (Wildman–Crippen LogP) is 2.16. The number of urea groups is 1. The van der Waals surface area contributed by atoms with E-state index in [4.69, 9.17) is 9.84 Å². The van der Waals surface area contributed by atoms with Gasteiger partial charge in [-0.15, -0.1) is 0 Å². The normalized spacial score (nSPS) is 10.2. The van der Waals surface area contributed by atoms with Crippen LogP contribution in [-0.2, 0) is 4.79 Å². The van der Waals surface area contributed by atoms with E-state index < -0.39 is 24.4 Å². The first kappa shape index (κ1) is 15.7. The number of carboxylic acid groups (broad SMARTS) is 1. The van der Waals surface area contributed by atoms with Crippen LogP contribution < -0.4 is 10.1 Å². The first-order valence-electron chi connectivity index (χ1n) is 5.98. The van der Waals surface area contributed by atoms with Gasteiger partial charge in [0, 0.05) is 12.1 Å². The Hall–Kier alpha value is -2.31. The summed E-state index contributed by atoms with van der Waals surface area (Å²) in [4.78, 5) is 23.9. The molecule has 2 amide bonds. The Bertz CT molecular complexity index is 505. The highest BCUT2D eigenvalue weighted by molar-refractivity contribution is 5.92. The molecule has 0 bridgehead atoms. The van der Waals surface area contributed by atoms with Crippen molar-refractivity contribution in [1.82, 2.24) is 4.90 Å². The molecule has 1 aromatic carbocycles. The third kappa shape index (κ3) is 4.11. The highest BCUT2D eigenvalue weighted by atomic mass is 19.1. The number of benzene rings is 1. The fourth-order valence-corrected chi connectivity index (χ4v) is 1.59. The molecular formula is C13H17FN2O4. The van der Waals surface area contributed by atoms with Crippen LogP contribution in [0.3, 0.4) is 0 Å². The monoisotopic (exact) mass is 284 g/mol. The van der Waals surface area contributed by atoms with Gasteiger partial charge >= 0.3 is 12.0 Å². The number of nitrogens with zero attached hydrogens (tertiary/aromatic N) is 1. The molecule has 1 rings (SSSR count). The van der Waals surface area contributed by atoms with E-state index in [9.17, 15) is 14.0 Å². The summed E-state index contributed by atoms with van der Waals surface area (Å²) < 4.78 is 18.0. The van der Waals surface area contributed by atoms with Gasteiger partial charge in [0.1, 0.15) is 18.1 Å². The van der Waals surface area contributed by atoms with Crippen LogP contribution in [0.15, 0.2) is 18.2 Å². The minimum Gasteiger partial charge on any atom is -0.494 e. The summed E-state index contributed by atoms with van der Waals surface area (Å²) in [6.45, 7) is 2.97. The van der Waals surface area contributed by atoms with E-state index in [1.165, 1.54) is 19.2 Å². The minimum absolute atomic E-state index is 0.164. The van der Waals surface area contributed by atoms with Crippen molar-refractivity contribution < 1.29 is 23.8 Å². The molecule has 2 N–H and O–H groups in total. The summed E-state index contributed by atoms with van der Waals surface area (Å²) in [5.74, 6) is -1.44. The molecule has 0 fully saturated rings. The van der Waals surface area contributed by atoms with Gasteiger partial charge < -0.3 is 20.1 Å². The molecule has 7 heteroatoms. The third-order valence-electron chi connectivity index (χ3n) is 2.59. The lowest BCUT2D eigenvalue weighted by Gasteiger charge is -2.25. The number of halogens is 1. The van der Waals surface area contributed by atoms with Gasteiger partial charge in [0.15, 0.2) is 0 Å². The van der Waals surface area contributed by atoms with Gasteiger partial charge in [-0.05, 0) is 26.0 Å². The second-order valence-electron chi connectivity index (χ2n) is 4.39. The number of hydrogen-bond acceptors (Lipinski definition) is 3. The van der Waals surface area contributed by atoms with Crippen LogP contribution in [0.5, 0.6) is 5.75 Å². The molecule has 20 heavy (non-hydrogen) atoms. The molecule has 0 saturated carbocycles. The number of carbonyl (C=O) groups excluding carboxylic acids is 1. The average molecular weight is 284 g/mol. The van der Waals surface area contributed by atoms with Crippen LogP contribution in [0, 0.1) is 5.82 Å². The molecule has 0 aliphatic carbocycles. The zero-order valence-electron chi connectivity index (χ0n) is 11.5. The molecule has 0 radical (unpaired) electrons. The van der Waals surface area contributed by atoms with E-state index in [-0.39, 0.29) is 17.5 Å². The number of amides is 2. The summed E-state index contributed by atoms with van der Waals surface area (Å²) in [5, 5.41) is 11.3. The van der Waals surface area contributed by atoms with Gasteiger partial charge in [-0.2, -0.15) is 0 Å². The summed E-state index contributed by atoms with van der Waals surface area (Å²) in [7, 11) is 1.35. The fraction of sp³-hybridized carbons (Fsp3) is 0.385. The van der Waals surface area contributed by atoms with E-state index >= 15 is 0 Å². The minimum atomic E-state index is -1.11. The molecule has 6 nitrogen and oxygen atoms in total. The summed E-state index contributed by atoms with van der Waals surface area (Å²) in [5.41, 5.74) is 0.273. The topological polar surface area (TPSA) is 78.9 Å². The number of hydrogen-bond donors (Lipinski definition) is 2. The maximum atomic E-state index is 13.0. The Balaban J connectivity index is 2.90. The number of nitrogens with one attached hydrogen (secondary N) is 1. The summed E-state index contributed by atoms with van der Waals surface area (Å²) in [6, 6.07) is 2.78. The van der Waals surface area contributed by atoms with Crippen LogP contribution in [-0.4, -0.2) is 41.7 Å². The smallest absolute Gasteiger partial charge is 0.323 e. The molecule has 0 aliphatic heterocycles. The first-order valence-corrected chi connectivity index (χ1v) is 5.98. The number of anilines is 1. The number of carboxylic acids is 1. The van der Waals surface area contributed by atoms with Crippen LogP contribution in [0.2, 0.25) is 0 Å². The highest BCUT2D eigenvalue weighted by Crippen LogP contribution is 2.25. The summed E-state index contributed by atoms with van der Waals surface area (Å²) in [6.07, 6.45) is 0. The number of carbonyl (C=O) groups is 2. The number of aliphatic carboxylic acids is 1. The van der Waals surface area contributed by atoms with Gasteiger partial charge in [-0.25, -0.2) is 9.18 Å². The van der Waals surface area contributed by atoms with E-state index in [1.807, 2.05) is 0 Å². The second-order valence-corrected chi connectivity index (χ2v) is 4.39. The van der Waals surface area contributed by atoms with Crippen molar-refractivity contribution in [2.75, 3.05) is 19.0 Å². The zero-order chi connectivity index (χ0) is 15.3. The first-order chi connectivity index (χ1) is 9.35. The lowest BCUT2D eigenvalue weighted by molar-refractivity contribution is -0.137. The maximum Gasteiger partial charge on any atom is 0.323 e. The fourth-order valence-electron chi connectivity index (χ4n) is 1.59. The van der Waals surface area contributed by atoms with E-state index in [2.05, 4.69) is 5.32 Å². The standard InChI is InChI=1S/C13H17FN2O4/c1-8(2)16(7-12(17)18)13(19)15-10-5-4-9(14)6-11(10)20-3/h4-6,8H,7H2,1-3H3,(H,15,19)(H,17,18). The molecule has 0 atom stereocenters. The second kappa shape index (κ2) is 6.74. The molecule has 0 spiro atoms. The Kier molecular flexibility index (Phi) is 5.31. The molecule has 0 saturated heterocycles. The molecule has 110 valence electrons. The number of ether oxygens (including phenoxy) is 1. The van der Waals surface area contributed by atoms with Crippen molar-refractivity contribution in [3.05, 3.63) is 24.0 Å². The van der Waals surface area contributed by atoms with Crippen LogP contribution in [0.25, 0.3) is 0 Å². The van der Waals surface area contributed by atoms with E-state index in [0.717, 1.165) is 11.0 Å². The van der Waals surface area contributed by atoms with Crippen molar-refractivity contribution in [3.63, 3.8) is 0 Å². The quantitative estimate of drug-likeness (QED) is 0.868. The van der Waals surface area contributed by atoms with Crippen molar-refractivity contribution in [3.8, 4) is 5.75 Å². The van der Waals surface area contributed by atoms with E-state index in [1.54, 1.807) is 13.8 Å². The van der Waals surface area contributed by atoms with Crippen LogP contribution in [0.4, 0.5) is 14.9 Å². The maximum absolute atomic E-state index is 13.0. The zero-order valence-corrected chi connectivity index (χ0v) is 11.5. The SMILES string of the molecule is COc1cc(F)ccc1NC(=O)N(CC(=O)O)C(C)C. The highest BCUT2D eigenvalue weighted by Gasteiger charge is 2.21. The Morgan fingerprint density at radius 3 is 2.60 bits per heavy atom. The molecule has 0 aliphatic rings. The lowest BCUT2D eigenvalue weighted by atomic mass is 10.2. The Labute approximate surface area is 116 Å². The van der Waals surface area contributed by atoms with Gasteiger partial charge in [0.2, 0.25) is 0 Å². The van der Waals surface area contributed by atoms with Crippen molar-refractivity contribution >= 4 is 17.7 Å². The van der Waals surface area contributed by atoms with Crippen molar-refractivity contribution in [2.24, 2.45) is 0 Å². The third-order valence-corrected chi connectivity index (χ3v) is 2.59. The lowest BCUT2D eigenvalue weighted by Crippen LogP contribution is -2.43. The van der Waals surface area contributed by atoms with Crippen LogP contribution in [0.1, 0.15) is 13.8 Å². The van der Waals surface area contributed by atoms with E-state index in [0.29, 0.717) is 0 Å². The van der Waals surface area contributed by atoms with Gasteiger partial charge in [0.05, 0.1) is 12.8 Å². The summed E-state index contributed by atoms with van der Waals surface area (Å²) >= 11 is 0. The molecule has 0 aromatic heterocycles. The van der Waals surface area contributed by atoms with Crippen molar-refractivity contribution in [2.45, 2.75) is 19.9 Å². The van der Waals surface area contributed by atoms with Gasteiger partial charge in [-0.3, -0.25) is 4.79 Å². The average Bonchev–Trinajstić information content (AvgIpc) is 2.37. The molecule has 0 heterocycles.